The van der Waals surface area contributed by atoms with E-state index in [-0.39, 0.29) is 15.6 Å². The van der Waals surface area contributed by atoms with Gasteiger partial charge in [-0.15, -0.1) is 0 Å². The molecular formula is C17H13Cl2N5O. The second-order valence-corrected chi connectivity index (χ2v) is 5.90. The van der Waals surface area contributed by atoms with Crippen molar-refractivity contribution in [3.63, 3.8) is 0 Å². The molecule has 0 aliphatic heterocycles. The van der Waals surface area contributed by atoms with Gasteiger partial charge in [0.25, 0.3) is 5.91 Å². The molecule has 6 nitrogen and oxygen atoms in total. The average Bonchev–Trinajstić information content (AvgIpc) is 2.57. The van der Waals surface area contributed by atoms with Gasteiger partial charge in [0, 0.05) is 18.0 Å². The van der Waals surface area contributed by atoms with E-state index in [1.165, 1.54) is 6.20 Å². The zero-order chi connectivity index (χ0) is 17.8. The van der Waals surface area contributed by atoms with Crippen molar-refractivity contribution in [3.05, 3.63) is 70.5 Å². The summed E-state index contributed by atoms with van der Waals surface area (Å²) in [6.07, 6.45) is 3.09. The lowest BCUT2D eigenvalue weighted by Crippen LogP contribution is -2.13. The summed E-state index contributed by atoms with van der Waals surface area (Å²) in [4.78, 5) is 20.7. The van der Waals surface area contributed by atoms with Crippen LogP contribution in [0.3, 0.4) is 0 Å². The van der Waals surface area contributed by atoms with E-state index in [4.69, 9.17) is 28.9 Å². The summed E-state index contributed by atoms with van der Waals surface area (Å²) >= 11 is 12.1. The number of benzene rings is 1. The largest absolute Gasteiger partial charge is 0.397 e. The number of hydrogen-bond donors (Lipinski definition) is 3. The lowest BCUT2D eigenvalue weighted by atomic mass is 10.2. The van der Waals surface area contributed by atoms with Gasteiger partial charge in [0.05, 0.1) is 27.5 Å². The molecular weight excluding hydrogens is 361 g/mol. The van der Waals surface area contributed by atoms with E-state index in [9.17, 15) is 4.79 Å². The molecule has 4 N–H and O–H groups in total. The molecule has 0 spiro atoms. The number of nitrogens with two attached hydrogens (primary N) is 1. The van der Waals surface area contributed by atoms with Crippen LogP contribution in [0.25, 0.3) is 0 Å². The second-order valence-electron chi connectivity index (χ2n) is 5.08. The number of pyridine rings is 2. The highest BCUT2D eigenvalue weighted by molar-refractivity contribution is 6.40. The minimum absolute atomic E-state index is 0.220. The Bertz CT molecular complexity index is 895. The van der Waals surface area contributed by atoms with Crippen LogP contribution < -0.4 is 16.4 Å². The zero-order valence-corrected chi connectivity index (χ0v) is 14.3. The molecule has 0 fully saturated rings. The van der Waals surface area contributed by atoms with Gasteiger partial charge >= 0.3 is 0 Å². The molecule has 0 unspecified atom stereocenters. The van der Waals surface area contributed by atoms with Crippen molar-refractivity contribution in [2.45, 2.75) is 0 Å². The lowest BCUT2D eigenvalue weighted by molar-refractivity contribution is 0.102. The van der Waals surface area contributed by atoms with E-state index in [0.29, 0.717) is 23.0 Å². The SMILES string of the molecule is Nc1ccc(Nc2cc(NC(=O)c3c(Cl)cccc3Cl)ccn2)nc1. The predicted octanol–water partition coefficient (Wildman–Crippen LogP) is 4.36. The summed E-state index contributed by atoms with van der Waals surface area (Å²) in [6, 6.07) is 11.7. The molecule has 3 aromatic rings. The third-order valence-corrected chi connectivity index (χ3v) is 3.88. The molecule has 126 valence electrons. The van der Waals surface area contributed by atoms with E-state index in [1.54, 1.807) is 48.7 Å². The third kappa shape index (κ3) is 4.17. The number of carbonyl (C=O) groups is 1. The second kappa shape index (κ2) is 7.38. The number of amides is 1. The number of nitrogen functional groups attached to an aromatic ring is 1. The molecule has 0 radical (unpaired) electrons. The summed E-state index contributed by atoms with van der Waals surface area (Å²) in [6.45, 7) is 0. The van der Waals surface area contributed by atoms with Gasteiger partial charge in [0.2, 0.25) is 0 Å². The number of hydrogen-bond acceptors (Lipinski definition) is 5. The van der Waals surface area contributed by atoms with E-state index in [1.807, 2.05) is 0 Å². The molecule has 0 bridgehead atoms. The minimum atomic E-state index is -0.404. The maximum Gasteiger partial charge on any atom is 0.258 e. The Hall–Kier alpha value is -2.83. The van der Waals surface area contributed by atoms with Crippen molar-refractivity contribution < 1.29 is 4.79 Å². The number of halogens is 2. The Kier molecular flexibility index (Phi) is 5.02. The van der Waals surface area contributed by atoms with E-state index >= 15 is 0 Å². The highest BCUT2D eigenvalue weighted by Gasteiger charge is 2.14. The van der Waals surface area contributed by atoms with Crippen LogP contribution in [0.1, 0.15) is 10.4 Å². The van der Waals surface area contributed by atoms with Crippen LogP contribution in [-0.4, -0.2) is 15.9 Å². The first-order valence-corrected chi connectivity index (χ1v) is 7.98. The van der Waals surface area contributed by atoms with Crippen molar-refractivity contribution in [2.24, 2.45) is 0 Å². The Morgan fingerprint density at radius 3 is 2.44 bits per heavy atom. The fraction of sp³-hybridized carbons (Fsp3) is 0. The summed E-state index contributed by atoms with van der Waals surface area (Å²) in [7, 11) is 0. The third-order valence-electron chi connectivity index (χ3n) is 3.25. The van der Waals surface area contributed by atoms with Crippen molar-refractivity contribution >= 4 is 52.1 Å². The molecule has 3 rings (SSSR count). The van der Waals surface area contributed by atoms with Crippen LogP contribution in [0.15, 0.2) is 54.9 Å². The first-order valence-electron chi connectivity index (χ1n) is 7.23. The Morgan fingerprint density at radius 2 is 1.76 bits per heavy atom. The fourth-order valence-electron chi connectivity index (χ4n) is 2.10. The fourth-order valence-corrected chi connectivity index (χ4v) is 2.66. The smallest absolute Gasteiger partial charge is 0.258 e. The molecule has 1 amide bonds. The first-order chi connectivity index (χ1) is 12.0. The normalized spacial score (nSPS) is 10.3. The number of nitrogens with one attached hydrogen (secondary N) is 2. The van der Waals surface area contributed by atoms with Gasteiger partial charge in [0.15, 0.2) is 0 Å². The molecule has 1 aromatic carbocycles. The van der Waals surface area contributed by atoms with Crippen LogP contribution in [0.2, 0.25) is 10.0 Å². The predicted molar refractivity (Wildman–Crippen MR) is 101 cm³/mol. The van der Waals surface area contributed by atoms with E-state index in [2.05, 4.69) is 20.6 Å². The van der Waals surface area contributed by atoms with Crippen molar-refractivity contribution in [1.82, 2.24) is 9.97 Å². The molecule has 0 saturated heterocycles. The Morgan fingerprint density at radius 1 is 1.00 bits per heavy atom. The average molecular weight is 374 g/mol. The summed E-state index contributed by atoms with van der Waals surface area (Å²) < 4.78 is 0. The number of nitrogens with zero attached hydrogens (tertiary/aromatic N) is 2. The molecule has 0 aliphatic rings. The highest BCUT2D eigenvalue weighted by Crippen LogP contribution is 2.25. The van der Waals surface area contributed by atoms with Crippen LogP contribution in [-0.2, 0) is 0 Å². The van der Waals surface area contributed by atoms with Gasteiger partial charge in [-0.2, -0.15) is 0 Å². The van der Waals surface area contributed by atoms with Crippen LogP contribution >= 0.6 is 23.2 Å². The summed E-state index contributed by atoms with van der Waals surface area (Å²) in [5.41, 5.74) is 6.93. The quantitative estimate of drug-likeness (QED) is 0.631. The molecule has 8 heteroatoms. The molecule has 2 heterocycles. The molecule has 0 atom stereocenters. The maximum atomic E-state index is 12.4. The molecule has 0 aliphatic carbocycles. The minimum Gasteiger partial charge on any atom is -0.397 e. The van der Waals surface area contributed by atoms with Crippen molar-refractivity contribution in [1.29, 1.82) is 0 Å². The summed E-state index contributed by atoms with van der Waals surface area (Å²) in [5, 5.41) is 6.34. The number of rotatable bonds is 4. The number of carbonyl (C=O) groups excluding carboxylic acids is 1. The molecule has 2 aromatic heterocycles. The zero-order valence-electron chi connectivity index (χ0n) is 12.8. The van der Waals surface area contributed by atoms with Gasteiger partial charge in [0.1, 0.15) is 11.6 Å². The standard InChI is InChI=1S/C17H13Cl2N5O/c18-12-2-1-3-13(19)16(12)17(25)23-11-6-7-21-15(8-11)24-14-5-4-10(20)9-22-14/h1-9H,20H2,(H2,21,22,23,24,25). The van der Waals surface area contributed by atoms with Crippen LogP contribution in [0, 0.1) is 0 Å². The van der Waals surface area contributed by atoms with Crippen molar-refractivity contribution in [2.75, 3.05) is 16.4 Å². The molecule has 0 saturated carbocycles. The number of anilines is 4. The Balaban J connectivity index is 1.77. The lowest BCUT2D eigenvalue weighted by Gasteiger charge is -2.10. The van der Waals surface area contributed by atoms with Gasteiger partial charge < -0.3 is 16.4 Å². The van der Waals surface area contributed by atoms with Gasteiger partial charge in [-0.25, -0.2) is 9.97 Å². The van der Waals surface area contributed by atoms with Gasteiger partial charge in [-0.3, -0.25) is 4.79 Å². The highest BCUT2D eigenvalue weighted by atomic mass is 35.5. The van der Waals surface area contributed by atoms with E-state index < -0.39 is 5.91 Å². The topological polar surface area (TPSA) is 92.9 Å². The monoisotopic (exact) mass is 373 g/mol. The number of aromatic nitrogens is 2. The van der Waals surface area contributed by atoms with Crippen LogP contribution in [0.4, 0.5) is 23.0 Å². The molecule has 25 heavy (non-hydrogen) atoms. The van der Waals surface area contributed by atoms with Crippen LogP contribution in [0.5, 0.6) is 0 Å². The maximum absolute atomic E-state index is 12.4. The first kappa shape index (κ1) is 17.0. The van der Waals surface area contributed by atoms with E-state index in [0.717, 1.165) is 0 Å². The Labute approximate surface area is 154 Å². The van der Waals surface area contributed by atoms with Gasteiger partial charge in [-0.05, 0) is 30.3 Å². The summed E-state index contributed by atoms with van der Waals surface area (Å²) in [5.74, 6) is 0.693. The van der Waals surface area contributed by atoms with Gasteiger partial charge in [-0.1, -0.05) is 29.3 Å². The van der Waals surface area contributed by atoms with Crippen molar-refractivity contribution in [3.8, 4) is 0 Å².